The first-order chi connectivity index (χ1) is 17.4. The van der Waals surface area contributed by atoms with Crippen molar-refractivity contribution >= 4 is 60.1 Å². The minimum atomic E-state index is -0.854. The Labute approximate surface area is 218 Å². The number of amides is 1. The SMILES string of the molecule is Cc1ccc2nc(N3C(=O)C(=O)C(=C(O)c4ccc5c(c4)OCCO5)[C@H]3c3ccc(Br)cc3)sc2c1. The number of aliphatic hydroxyl groups excluding tert-OH is 1. The van der Waals surface area contributed by atoms with Crippen LogP contribution in [0.1, 0.15) is 22.7 Å². The second kappa shape index (κ2) is 8.76. The Morgan fingerprint density at radius 1 is 1.03 bits per heavy atom. The zero-order valence-electron chi connectivity index (χ0n) is 19.0. The van der Waals surface area contributed by atoms with Gasteiger partial charge in [-0.1, -0.05) is 45.5 Å². The maximum atomic E-state index is 13.4. The molecule has 9 heteroatoms. The van der Waals surface area contributed by atoms with Crippen molar-refractivity contribution in [2.45, 2.75) is 13.0 Å². The van der Waals surface area contributed by atoms with Gasteiger partial charge in [0.25, 0.3) is 5.78 Å². The fourth-order valence-corrected chi connectivity index (χ4v) is 5.81. The molecule has 0 saturated carbocycles. The van der Waals surface area contributed by atoms with Gasteiger partial charge >= 0.3 is 5.91 Å². The predicted molar refractivity (Wildman–Crippen MR) is 141 cm³/mol. The van der Waals surface area contributed by atoms with Gasteiger partial charge in [0.05, 0.1) is 21.8 Å². The van der Waals surface area contributed by atoms with Gasteiger partial charge in [-0.25, -0.2) is 4.98 Å². The summed E-state index contributed by atoms with van der Waals surface area (Å²) in [6.07, 6.45) is 0. The molecule has 2 aliphatic heterocycles. The van der Waals surface area contributed by atoms with E-state index in [4.69, 9.17) is 9.47 Å². The first kappa shape index (κ1) is 22.8. The van der Waals surface area contributed by atoms with Crippen LogP contribution in [0.4, 0.5) is 5.13 Å². The van der Waals surface area contributed by atoms with Crippen molar-refractivity contribution in [3.63, 3.8) is 0 Å². The molecule has 180 valence electrons. The molecular weight excluding hydrogens is 544 g/mol. The third-order valence-corrected chi connectivity index (χ3v) is 7.73. The number of hydrogen-bond donors (Lipinski definition) is 1. The van der Waals surface area contributed by atoms with Crippen LogP contribution >= 0.6 is 27.3 Å². The number of hydrogen-bond acceptors (Lipinski definition) is 7. The van der Waals surface area contributed by atoms with E-state index in [-0.39, 0.29) is 11.3 Å². The van der Waals surface area contributed by atoms with E-state index < -0.39 is 17.7 Å². The number of nitrogens with zero attached hydrogens (tertiary/aromatic N) is 2. The van der Waals surface area contributed by atoms with Gasteiger partial charge in [0, 0.05) is 10.0 Å². The molecule has 0 unspecified atom stereocenters. The van der Waals surface area contributed by atoms with Gasteiger partial charge in [-0.2, -0.15) is 0 Å². The minimum absolute atomic E-state index is 0.00515. The van der Waals surface area contributed by atoms with Crippen molar-refractivity contribution < 1.29 is 24.2 Å². The Morgan fingerprint density at radius 3 is 2.56 bits per heavy atom. The number of aliphatic hydroxyl groups is 1. The Kier molecular flexibility index (Phi) is 5.54. The molecule has 0 aliphatic carbocycles. The van der Waals surface area contributed by atoms with E-state index in [1.807, 2.05) is 49.4 Å². The fourth-order valence-electron chi connectivity index (χ4n) is 4.46. The first-order valence-corrected chi connectivity index (χ1v) is 12.9. The first-order valence-electron chi connectivity index (χ1n) is 11.2. The average molecular weight is 563 g/mol. The van der Waals surface area contributed by atoms with E-state index in [0.29, 0.717) is 41.0 Å². The van der Waals surface area contributed by atoms with Crippen LogP contribution in [0.5, 0.6) is 11.5 Å². The Morgan fingerprint density at radius 2 is 1.78 bits per heavy atom. The monoisotopic (exact) mass is 562 g/mol. The van der Waals surface area contributed by atoms with Gasteiger partial charge < -0.3 is 14.6 Å². The van der Waals surface area contributed by atoms with Crippen molar-refractivity contribution in [2.75, 3.05) is 18.1 Å². The highest BCUT2D eigenvalue weighted by molar-refractivity contribution is 9.10. The molecule has 1 amide bonds. The fraction of sp³-hybridized carbons (Fsp3) is 0.148. The molecule has 0 radical (unpaired) electrons. The zero-order valence-corrected chi connectivity index (χ0v) is 21.4. The van der Waals surface area contributed by atoms with Crippen LogP contribution in [0.2, 0.25) is 0 Å². The van der Waals surface area contributed by atoms with Crippen molar-refractivity contribution in [3.05, 3.63) is 87.4 Å². The number of aromatic nitrogens is 1. The van der Waals surface area contributed by atoms with E-state index in [9.17, 15) is 14.7 Å². The molecule has 7 nitrogen and oxygen atoms in total. The van der Waals surface area contributed by atoms with Crippen LogP contribution in [-0.2, 0) is 9.59 Å². The number of ether oxygens (including phenoxy) is 2. The number of fused-ring (bicyclic) bond motifs is 2. The Hall–Kier alpha value is -3.69. The highest BCUT2D eigenvalue weighted by Gasteiger charge is 2.48. The number of carbonyl (C=O) groups excluding carboxylic acids is 2. The molecule has 0 spiro atoms. The van der Waals surface area contributed by atoms with Gasteiger partial charge in [0.2, 0.25) is 0 Å². The van der Waals surface area contributed by atoms with Crippen LogP contribution in [-0.4, -0.2) is 35.0 Å². The van der Waals surface area contributed by atoms with E-state index in [2.05, 4.69) is 20.9 Å². The molecule has 1 atom stereocenters. The second-order valence-electron chi connectivity index (χ2n) is 8.55. The smallest absolute Gasteiger partial charge is 0.301 e. The minimum Gasteiger partial charge on any atom is -0.507 e. The largest absolute Gasteiger partial charge is 0.507 e. The third-order valence-electron chi connectivity index (χ3n) is 6.18. The number of thiazole rings is 1. The number of aryl methyl sites for hydroxylation is 1. The highest BCUT2D eigenvalue weighted by Crippen LogP contribution is 2.45. The molecule has 0 bridgehead atoms. The van der Waals surface area contributed by atoms with Crippen LogP contribution < -0.4 is 14.4 Å². The van der Waals surface area contributed by atoms with Crippen LogP contribution in [0.25, 0.3) is 16.0 Å². The number of benzene rings is 3. The van der Waals surface area contributed by atoms with E-state index in [1.165, 1.54) is 16.2 Å². The summed E-state index contributed by atoms with van der Waals surface area (Å²) in [6, 6.07) is 17.3. The van der Waals surface area contributed by atoms with Crippen LogP contribution in [0.15, 0.2) is 70.7 Å². The second-order valence-corrected chi connectivity index (χ2v) is 10.5. The van der Waals surface area contributed by atoms with E-state index in [1.54, 1.807) is 18.2 Å². The summed E-state index contributed by atoms with van der Waals surface area (Å²) in [5.41, 5.74) is 2.84. The van der Waals surface area contributed by atoms with Crippen molar-refractivity contribution in [1.29, 1.82) is 0 Å². The molecular formula is C27H19BrN2O5S. The van der Waals surface area contributed by atoms with Gasteiger partial charge in [-0.05, 0) is 60.5 Å². The Balaban J connectivity index is 1.54. The number of carbonyl (C=O) groups is 2. The molecule has 1 saturated heterocycles. The summed E-state index contributed by atoms with van der Waals surface area (Å²) in [7, 11) is 0. The number of halogens is 1. The Bertz CT molecular complexity index is 1580. The van der Waals surface area contributed by atoms with Crippen LogP contribution in [0.3, 0.4) is 0 Å². The van der Waals surface area contributed by atoms with Crippen LogP contribution in [0, 0.1) is 6.92 Å². The summed E-state index contributed by atoms with van der Waals surface area (Å²) in [5, 5.41) is 11.8. The number of rotatable bonds is 3. The van der Waals surface area contributed by atoms with Gasteiger partial charge in [-0.15, -0.1) is 0 Å². The van der Waals surface area contributed by atoms with Crippen molar-refractivity contribution in [2.24, 2.45) is 0 Å². The molecule has 6 rings (SSSR count). The lowest BCUT2D eigenvalue weighted by molar-refractivity contribution is -0.132. The van der Waals surface area contributed by atoms with E-state index >= 15 is 0 Å². The molecule has 36 heavy (non-hydrogen) atoms. The summed E-state index contributed by atoms with van der Waals surface area (Å²) in [5.74, 6) is -0.755. The number of ketones is 1. The van der Waals surface area contributed by atoms with Gasteiger partial charge in [-0.3, -0.25) is 14.5 Å². The third kappa shape index (κ3) is 3.75. The zero-order chi connectivity index (χ0) is 25.0. The summed E-state index contributed by atoms with van der Waals surface area (Å²) < 4.78 is 13.0. The van der Waals surface area contributed by atoms with Crippen molar-refractivity contribution in [3.8, 4) is 11.5 Å². The van der Waals surface area contributed by atoms with E-state index in [0.717, 1.165) is 20.3 Å². The average Bonchev–Trinajstić information content (AvgIpc) is 3.41. The van der Waals surface area contributed by atoms with Crippen molar-refractivity contribution in [1.82, 2.24) is 4.98 Å². The molecule has 4 aromatic rings. The quantitative estimate of drug-likeness (QED) is 0.194. The lowest BCUT2D eigenvalue weighted by Gasteiger charge is -2.23. The topological polar surface area (TPSA) is 89.0 Å². The summed E-state index contributed by atoms with van der Waals surface area (Å²) in [4.78, 5) is 32.9. The van der Waals surface area contributed by atoms with Gasteiger partial charge in [0.1, 0.15) is 19.0 Å². The van der Waals surface area contributed by atoms with Gasteiger partial charge in [0.15, 0.2) is 16.6 Å². The summed E-state index contributed by atoms with van der Waals surface area (Å²) >= 11 is 4.77. The lowest BCUT2D eigenvalue weighted by atomic mass is 9.95. The normalized spacial score (nSPS) is 18.7. The molecule has 1 N–H and O–H groups in total. The maximum Gasteiger partial charge on any atom is 0.301 e. The summed E-state index contributed by atoms with van der Waals surface area (Å²) in [6.45, 7) is 2.81. The predicted octanol–water partition coefficient (Wildman–Crippen LogP) is 5.76. The molecule has 1 aromatic heterocycles. The lowest BCUT2D eigenvalue weighted by Crippen LogP contribution is -2.29. The molecule has 3 aromatic carbocycles. The highest BCUT2D eigenvalue weighted by atomic mass is 79.9. The number of Topliss-reactive ketones (excluding diaryl/α,β-unsaturated/α-hetero) is 1. The number of anilines is 1. The standard InChI is InChI=1S/C27H19BrN2O5S/c1-14-2-8-18-21(12-14)36-27(29-18)30-23(15-3-6-17(28)7-4-15)22(25(32)26(30)33)24(31)16-5-9-19-20(13-16)35-11-10-34-19/h2-9,12-13,23,31H,10-11H2,1H3/t23-/m1/s1. The molecule has 3 heterocycles. The molecule has 2 aliphatic rings. The maximum absolute atomic E-state index is 13.4. The molecule has 1 fully saturated rings.